The molecule has 98 valence electrons. The summed E-state index contributed by atoms with van der Waals surface area (Å²) in [7, 11) is 0. The molecule has 3 N–H and O–H groups in total. The van der Waals surface area contributed by atoms with Crippen LogP contribution in [0.25, 0.3) is 0 Å². The maximum absolute atomic E-state index is 13.1. The fourth-order valence-corrected chi connectivity index (χ4v) is 2.95. The number of halogens is 2. The van der Waals surface area contributed by atoms with E-state index >= 15 is 0 Å². The smallest absolute Gasteiger partial charge is 0.256 e. The Bertz CT molecular complexity index is 657. The summed E-state index contributed by atoms with van der Waals surface area (Å²) in [6.07, 6.45) is 0. The number of thiocarbonyl (C=S) groups is 1. The van der Waals surface area contributed by atoms with Gasteiger partial charge in [-0.3, -0.25) is 4.79 Å². The van der Waals surface area contributed by atoms with Crippen LogP contribution in [0.3, 0.4) is 0 Å². The second-order valence-corrected chi connectivity index (χ2v) is 6.89. The molecule has 1 amide bonds. The molecule has 1 heterocycles. The molecule has 1 aromatic carbocycles. The van der Waals surface area contributed by atoms with Crippen molar-refractivity contribution in [2.24, 2.45) is 5.73 Å². The van der Waals surface area contributed by atoms with Gasteiger partial charge in [0.2, 0.25) is 0 Å². The summed E-state index contributed by atoms with van der Waals surface area (Å²) < 4.78 is 14.2. The molecule has 2 rings (SSSR count). The summed E-state index contributed by atoms with van der Waals surface area (Å²) in [6.45, 7) is 0. The Labute approximate surface area is 132 Å². The average Bonchev–Trinajstić information content (AvgIpc) is 2.78. The largest absolute Gasteiger partial charge is 0.389 e. The second-order valence-electron chi connectivity index (χ2n) is 3.65. The van der Waals surface area contributed by atoms with Crippen LogP contribution in [0.5, 0.6) is 0 Å². The summed E-state index contributed by atoms with van der Waals surface area (Å²) in [6, 6.07) is 5.66. The molecule has 0 spiro atoms. The van der Waals surface area contributed by atoms with E-state index in [1.54, 1.807) is 11.4 Å². The highest BCUT2D eigenvalue weighted by atomic mass is 127. The van der Waals surface area contributed by atoms with E-state index in [-0.39, 0.29) is 10.9 Å². The zero-order valence-corrected chi connectivity index (χ0v) is 13.2. The van der Waals surface area contributed by atoms with Crippen LogP contribution in [0, 0.1) is 8.70 Å². The van der Waals surface area contributed by atoms with Gasteiger partial charge in [0.05, 0.1) is 14.1 Å². The lowest BCUT2D eigenvalue weighted by Gasteiger charge is -2.09. The molecule has 0 aliphatic rings. The maximum atomic E-state index is 13.1. The molecule has 0 atom stereocenters. The van der Waals surface area contributed by atoms with Crippen LogP contribution in [-0.4, -0.2) is 10.9 Å². The second kappa shape index (κ2) is 5.93. The van der Waals surface area contributed by atoms with Gasteiger partial charge in [-0.15, -0.1) is 11.3 Å². The van der Waals surface area contributed by atoms with E-state index in [0.717, 1.165) is 2.88 Å². The van der Waals surface area contributed by atoms with Crippen molar-refractivity contribution in [3.05, 3.63) is 49.5 Å². The first kappa shape index (κ1) is 14.4. The number of rotatable bonds is 3. The molecule has 7 heteroatoms. The van der Waals surface area contributed by atoms with Crippen molar-refractivity contribution in [1.29, 1.82) is 0 Å². The van der Waals surface area contributed by atoms with Crippen LogP contribution < -0.4 is 11.1 Å². The summed E-state index contributed by atoms with van der Waals surface area (Å²) in [5.74, 6) is -0.728. The van der Waals surface area contributed by atoms with E-state index in [2.05, 4.69) is 27.9 Å². The van der Waals surface area contributed by atoms with E-state index in [1.165, 1.54) is 29.5 Å². The van der Waals surface area contributed by atoms with Gasteiger partial charge in [0.1, 0.15) is 10.8 Å². The standard InChI is InChI=1S/C12H8FIN2OS2/c13-7-1-2-9(8(4-7)11(15)18)16-12(17)6-3-10(14)19-5-6/h1-5H,(H2,15,18)(H,16,17). The van der Waals surface area contributed by atoms with Crippen LogP contribution in [0.4, 0.5) is 10.1 Å². The van der Waals surface area contributed by atoms with Crippen LogP contribution in [0.2, 0.25) is 0 Å². The predicted molar refractivity (Wildman–Crippen MR) is 87.3 cm³/mol. The molecule has 19 heavy (non-hydrogen) atoms. The molecule has 0 bridgehead atoms. The number of benzene rings is 1. The molecule has 0 saturated carbocycles. The van der Waals surface area contributed by atoms with Gasteiger partial charge in [0.25, 0.3) is 5.91 Å². The topological polar surface area (TPSA) is 55.1 Å². The quantitative estimate of drug-likeness (QED) is 0.607. The molecular weight excluding hydrogens is 398 g/mol. The van der Waals surface area contributed by atoms with Crippen molar-refractivity contribution in [1.82, 2.24) is 0 Å². The van der Waals surface area contributed by atoms with Crippen LogP contribution in [-0.2, 0) is 0 Å². The third kappa shape index (κ3) is 3.48. The Kier molecular flexibility index (Phi) is 4.48. The third-order valence-corrected chi connectivity index (χ3v) is 4.33. The fourth-order valence-electron chi connectivity index (χ4n) is 1.45. The van der Waals surface area contributed by atoms with Gasteiger partial charge in [-0.05, 0) is 46.9 Å². The summed E-state index contributed by atoms with van der Waals surface area (Å²) in [5, 5.41) is 4.43. The summed E-state index contributed by atoms with van der Waals surface area (Å²) >= 11 is 8.45. The van der Waals surface area contributed by atoms with Crippen LogP contribution >= 0.6 is 46.1 Å². The minimum absolute atomic E-state index is 0.0368. The van der Waals surface area contributed by atoms with Crippen molar-refractivity contribution in [2.45, 2.75) is 0 Å². The Morgan fingerprint density at radius 2 is 2.16 bits per heavy atom. The predicted octanol–water partition coefficient (Wildman–Crippen LogP) is 3.38. The number of carbonyl (C=O) groups excluding carboxylic acids is 1. The van der Waals surface area contributed by atoms with Crippen molar-refractivity contribution in [2.75, 3.05) is 5.32 Å². The van der Waals surface area contributed by atoms with Gasteiger partial charge in [-0.2, -0.15) is 0 Å². The molecular formula is C12H8FIN2OS2. The number of nitrogens with two attached hydrogens (primary N) is 1. The van der Waals surface area contributed by atoms with Crippen molar-refractivity contribution in [3.8, 4) is 0 Å². The van der Waals surface area contributed by atoms with Crippen molar-refractivity contribution >= 4 is 62.7 Å². The fraction of sp³-hybridized carbons (Fsp3) is 0. The third-order valence-electron chi connectivity index (χ3n) is 2.32. The molecule has 0 radical (unpaired) electrons. The van der Waals surface area contributed by atoms with Crippen molar-refractivity contribution < 1.29 is 9.18 Å². The van der Waals surface area contributed by atoms with E-state index in [0.29, 0.717) is 16.8 Å². The van der Waals surface area contributed by atoms with Gasteiger partial charge in [-0.1, -0.05) is 12.2 Å². The van der Waals surface area contributed by atoms with Gasteiger partial charge >= 0.3 is 0 Å². The number of anilines is 1. The monoisotopic (exact) mass is 406 g/mol. The van der Waals surface area contributed by atoms with Gasteiger partial charge < -0.3 is 11.1 Å². The lowest BCUT2D eigenvalue weighted by Crippen LogP contribution is -2.17. The molecule has 0 fully saturated rings. The molecule has 0 unspecified atom stereocenters. The number of amides is 1. The Morgan fingerprint density at radius 1 is 1.42 bits per heavy atom. The number of thiophene rings is 1. The average molecular weight is 406 g/mol. The normalized spacial score (nSPS) is 10.2. The Balaban J connectivity index is 2.28. The molecule has 1 aromatic heterocycles. The SMILES string of the molecule is NC(=S)c1cc(F)ccc1NC(=O)c1csc(I)c1. The highest BCUT2D eigenvalue weighted by molar-refractivity contribution is 14.1. The molecule has 0 saturated heterocycles. The zero-order valence-electron chi connectivity index (χ0n) is 9.44. The lowest BCUT2D eigenvalue weighted by molar-refractivity contribution is 0.102. The van der Waals surface area contributed by atoms with Gasteiger partial charge in [0, 0.05) is 10.9 Å². The first-order valence-corrected chi connectivity index (χ1v) is 7.49. The maximum Gasteiger partial charge on any atom is 0.256 e. The number of nitrogens with one attached hydrogen (secondary N) is 1. The summed E-state index contributed by atoms with van der Waals surface area (Å²) in [5.41, 5.74) is 6.78. The van der Waals surface area contributed by atoms with Crippen molar-refractivity contribution in [3.63, 3.8) is 0 Å². The van der Waals surface area contributed by atoms with Gasteiger partial charge in [-0.25, -0.2) is 4.39 Å². The summed E-state index contributed by atoms with van der Waals surface area (Å²) in [4.78, 5) is 12.0. The van der Waals surface area contributed by atoms with E-state index in [1.807, 2.05) is 0 Å². The molecule has 2 aromatic rings. The minimum Gasteiger partial charge on any atom is -0.389 e. The number of carbonyl (C=O) groups is 1. The Morgan fingerprint density at radius 3 is 2.74 bits per heavy atom. The van der Waals surface area contributed by atoms with Gasteiger partial charge in [0.15, 0.2) is 0 Å². The van der Waals surface area contributed by atoms with E-state index < -0.39 is 5.82 Å². The lowest BCUT2D eigenvalue weighted by atomic mass is 10.1. The molecule has 0 aliphatic carbocycles. The van der Waals surface area contributed by atoms with Crippen LogP contribution in [0.1, 0.15) is 15.9 Å². The number of hydrogen-bond acceptors (Lipinski definition) is 3. The highest BCUT2D eigenvalue weighted by Crippen LogP contribution is 2.21. The first-order chi connectivity index (χ1) is 8.97. The molecule has 0 aliphatic heterocycles. The molecule has 3 nitrogen and oxygen atoms in total. The van der Waals surface area contributed by atoms with E-state index in [9.17, 15) is 9.18 Å². The first-order valence-electron chi connectivity index (χ1n) is 5.12. The number of hydrogen-bond donors (Lipinski definition) is 2. The zero-order chi connectivity index (χ0) is 14.0. The van der Waals surface area contributed by atoms with Crippen LogP contribution in [0.15, 0.2) is 29.6 Å². The Hall–Kier alpha value is -1.06. The minimum atomic E-state index is -0.453. The highest BCUT2D eigenvalue weighted by Gasteiger charge is 2.12. The van der Waals surface area contributed by atoms with E-state index in [4.69, 9.17) is 18.0 Å².